The number of nitrogens with zero attached hydrogens (tertiary/aromatic N) is 2. The van der Waals surface area contributed by atoms with Crippen molar-refractivity contribution in [3.63, 3.8) is 0 Å². The van der Waals surface area contributed by atoms with Crippen molar-refractivity contribution in [2.24, 2.45) is 5.73 Å². The molecular formula is C13H19N3O. The average molecular weight is 233 g/mol. The molecule has 1 aliphatic heterocycles. The molecule has 0 aromatic carbocycles. The largest absolute Gasteiger partial charge is 0.334 e. The Bertz CT molecular complexity index is 380. The van der Waals surface area contributed by atoms with Gasteiger partial charge in [0.25, 0.3) is 0 Å². The van der Waals surface area contributed by atoms with E-state index < -0.39 is 0 Å². The Kier molecular flexibility index (Phi) is 3.74. The van der Waals surface area contributed by atoms with Crippen LogP contribution in [0.15, 0.2) is 24.5 Å². The topological polar surface area (TPSA) is 59.2 Å². The minimum Gasteiger partial charge on any atom is -0.334 e. The molecule has 0 spiro atoms. The molecular weight excluding hydrogens is 214 g/mol. The molecule has 2 N–H and O–H groups in total. The Morgan fingerprint density at radius 2 is 2.41 bits per heavy atom. The second-order valence-corrected chi connectivity index (χ2v) is 4.47. The predicted octanol–water partition coefficient (Wildman–Crippen LogP) is 1.48. The lowest BCUT2D eigenvalue weighted by molar-refractivity contribution is -0.133. The number of likely N-dealkylation sites (tertiary alicyclic amines) is 1. The van der Waals surface area contributed by atoms with Gasteiger partial charge in [-0.2, -0.15) is 0 Å². The molecule has 1 fully saturated rings. The van der Waals surface area contributed by atoms with E-state index in [0.717, 1.165) is 18.4 Å². The molecule has 1 aromatic rings. The number of aromatic nitrogens is 1. The number of amides is 1. The number of rotatable bonds is 2. The highest BCUT2D eigenvalue weighted by Gasteiger charge is 2.31. The van der Waals surface area contributed by atoms with Gasteiger partial charge in [-0.3, -0.25) is 9.78 Å². The quantitative estimate of drug-likeness (QED) is 0.841. The number of nitrogens with two attached hydrogens (primary N) is 1. The van der Waals surface area contributed by atoms with E-state index in [2.05, 4.69) is 4.98 Å². The highest BCUT2D eigenvalue weighted by Crippen LogP contribution is 2.29. The van der Waals surface area contributed by atoms with Gasteiger partial charge < -0.3 is 10.6 Å². The van der Waals surface area contributed by atoms with Gasteiger partial charge in [0.05, 0.1) is 6.04 Å². The first-order valence-electron chi connectivity index (χ1n) is 6.19. The lowest BCUT2D eigenvalue weighted by atomic mass is 9.98. The van der Waals surface area contributed by atoms with Crippen LogP contribution in [0.3, 0.4) is 0 Å². The van der Waals surface area contributed by atoms with Crippen LogP contribution in [-0.2, 0) is 4.79 Å². The zero-order chi connectivity index (χ0) is 12.3. The second kappa shape index (κ2) is 5.27. The molecule has 1 aromatic heterocycles. The fourth-order valence-electron chi connectivity index (χ4n) is 2.53. The molecule has 0 bridgehead atoms. The molecule has 92 valence electrons. The summed E-state index contributed by atoms with van der Waals surface area (Å²) >= 11 is 0. The van der Waals surface area contributed by atoms with Crippen LogP contribution in [0.1, 0.15) is 37.8 Å². The third-order valence-corrected chi connectivity index (χ3v) is 3.36. The molecule has 2 unspecified atom stereocenters. The van der Waals surface area contributed by atoms with Gasteiger partial charge in [-0.25, -0.2) is 0 Å². The van der Waals surface area contributed by atoms with Gasteiger partial charge in [0, 0.05) is 31.4 Å². The summed E-state index contributed by atoms with van der Waals surface area (Å²) in [5.74, 6) is 0.203. The van der Waals surface area contributed by atoms with Crippen LogP contribution in [0.4, 0.5) is 0 Å². The number of hydrogen-bond donors (Lipinski definition) is 1. The summed E-state index contributed by atoms with van der Waals surface area (Å²) in [4.78, 5) is 18.0. The van der Waals surface area contributed by atoms with E-state index >= 15 is 0 Å². The first kappa shape index (κ1) is 12.0. The summed E-state index contributed by atoms with van der Waals surface area (Å²) in [6.07, 6.45) is 5.93. The Morgan fingerprint density at radius 3 is 3.06 bits per heavy atom. The minimum absolute atomic E-state index is 0.00519. The van der Waals surface area contributed by atoms with E-state index in [0.29, 0.717) is 13.0 Å². The monoisotopic (exact) mass is 233 g/mol. The highest BCUT2D eigenvalue weighted by atomic mass is 16.2. The molecule has 1 amide bonds. The molecule has 0 saturated carbocycles. The van der Waals surface area contributed by atoms with Gasteiger partial charge in [0.2, 0.25) is 5.91 Å². The minimum atomic E-state index is -0.0244. The summed E-state index contributed by atoms with van der Waals surface area (Å²) in [5, 5.41) is 0. The second-order valence-electron chi connectivity index (χ2n) is 4.47. The molecule has 4 heteroatoms. The molecule has 2 heterocycles. The van der Waals surface area contributed by atoms with Crippen LogP contribution in [0.5, 0.6) is 0 Å². The highest BCUT2D eigenvalue weighted by molar-refractivity contribution is 5.77. The molecule has 17 heavy (non-hydrogen) atoms. The summed E-state index contributed by atoms with van der Waals surface area (Å²) < 4.78 is 0. The third-order valence-electron chi connectivity index (χ3n) is 3.36. The number of carbonyl (C=O) groups excluding carboxylic acids is 1. The lowest BCUT2D eigenvalue weighted by Crippen LogP contribution is -2.42. The molecule has 1 aliphatic rings. The maximum atomic E-state index is 12.0. The number of carbonyl (C=O) groups is 1. The van der Waals surface area contributed by atoms with Crippen molar-refractivity contribution in [2.45, 2.75) is 38.3 Å². The SMILES string of the molecule is CCN1C(=O)CCCC(N)C1c1cccnc1. The van der Waals surface area contributed by atoms with Crippen molar-refractivity contribution in [3.05, 3.63) is 30.1 Å². The van der Waals surface area contributed by atoms with Crippen molar-refractivity contribution in [1.82, 2.24) is 9.88 Å². The van der Waals surface area contributed by atoms with Crippen LogP contribution < -0.4 is 5.73 Å². The van der Waals surface area contributed by atoms with Gasteiger partial charge >= 0.3 is 0 Å². The van der Waals surface area contributed by atoms with Crippen LogP contribution >= 0.6 is 0 Å². The van der Waals surface area contributed by atoms with Crippen molar-refractivity contribution in [1.29, 1.82) is 0 Å². The molecule has 2 atom stereocenters. The van der Waals surface area contributed by atoms with E-state index in [-0.39, 0.29) is 18.0 Å². The zero-order valence-corrected chi connectivity index (χ0v) is 10.2. The van der Waals surface area contributed by atoms with Crippen molar-refractivity contribution < 1.29 is 4.79 Å². The summed E-state index contributed by atoms with van der Waals surface area (Å²) in [6, 6.07) is 3.87. The van der Waals surface area contributed by atoms with Gasteiger partial charge in [0.1, 0.15) is 0 Å². The third kappa shape index (κ3) is 2.47. The fraction of sp³-hybridized carbons (Fsp3) is 0.538. The first-order valence-corrected chi connectivity index (χ1v) is 6.19. The van der Waals surface area contributed by atoms with E-state index in [9.17, 15) is 4.79 Å². The number of pyridine rings is 1. The maximum absolute atomic E-state index is 12.0. The van der Waals surface area contributed by atoms with E-state index in [1.807, 2.05) is 30.2 Å². The Morgan fingerprint density at radius 1 is 1.59 bits per heavy atom. The standard InChI is InChI=1S/C13H19N3O/c1-2-16-12(17)7-3-6-11(14)13(16)10-5-4-8-15-9-10/h4-5,8-9,11,13H,2-3,6-7,14H2,1H3. The smallest absolute Gasteiger partial charge is 0.223 e. The summed E-state index contributed by atoms with van der Waals surface area (Å²) in [5.41, 5.74) is 7.26. The molecule has 0 aliphatic carbocycles. The summed E-state index contributed by atoms with van der Waals surface area (Å²) in [6.45, 7) is 2.70. The number of likely N-dealkylation sites (N-methyl/N-ethyl adjacent to an activating group) is 1. The Hall–Kier alpha value is -1.42. The predicted molar refractivity (Wildman–Crippen MR) is 66.2 cm³/mol. The average Bonchev–Trinajstić information content (AvgIpc) is 2.49. The molecule has 2 rings (SSSR count). The van der Waals surface area contributed by atoms with E-state index in [4.69, 9.17) is 5.73 Å². The maximum Gasteiger partial charge on any atom is 0.223 e. The van der Waals surface area contributed by atoms with Gasteiger partial charge in [-0.1, -0.05) is 6.07 Å². The van der Waals surface area contributed by atoms with Crippen LogP contribution in [0.25, 0.3) is 0 Å². The van der Waals surface area contributed by atoms with Crippen LogP contribution in [0, 0.1) is 0 Å². The van der Waals surface area contributed by atoms with Crippen LogP contribution in [-0.4, -0.2) is 28.4 Å². The molecule has 4 nitrogen and oxygen atoms in total. The van der Waals surface area contributed by atoms with E-state index in [1.54, 1.807) is 6.20 Å². The lowest BCUT2D eigenvalue weighted by Gasteiger charge is -2.32. The van der Waals surface area contributed by atoms with Gasteiger partial charge in [-0.05, 0) is 31.4 Å². The van der Waals surface area contributed by atoms with Crippen molar-refractivity contribution in [2.75, 3.05) is 6.54 Å². The molecule has 1 saturated heterocycles. The number of hydrogen-bond acceptors (Lipinski definition) is 3. The Balaban J connectivity index is 2.34. The van der Waals surface area contributed by atoms with E-state index in [1.165, 1.54) is 0 Å². The fourth-order valence-corrected chi connectivity index (χ4v) is 2.53. The zero-order valence-electron chi connectivity index (χ0n) is 10.2. The van der Waals surface area contributed by atoms with Gasteiger partial charge in [-0.15, -0.1) is 0 Å². The Labute approximate surface area is 102 Å². The normalized spacial score (nSPS) is 25.8. The van der Waals surface area contributed by atoms with Crippen molar-refractivity contribution >= 4 is 5.91 Å². The molecule has 0 radical (unpaired) electrons. The van der Waals surface area contributed by atoms with Gasteiger partial charge in [0.15, 0.2) is 0 Å². The van der Waals surface area contributed by atoms with Crippen LogP contribution in [0.2, 0.25) is 0 Å². The first-order chi connectivity index (χ1) is 8.24. The van der Waals surface area contributed by atoms with Crippen molar-refractivity contribution in [3.8, 4) is 0 Å². The summed E-state index contributed by atoms with van der Waals surface area (Å²) in [7, 11) is 0.